The SMILES string of the molecule is Clc1ccc(C2CNCc3cc(Cl)ccc3O2)cc1. The van der Waals surface area contributed by atoms with Crippen LogP contribution in [0.2, 0.25) is 10.0 Å². The summed E-state index contributed by atoms with van der Waals surface area (Å²) in [4.78, 5) is 0. The Morgan fingerprint density at radius 2 is 1.74 bits per heavy atom. The molecule has 1 atom stereocenters. The van der Waals surface area contributed by atoms with Gasteiger partial charge in [-0.2, -0.15) is 0 Å². The first kappa shape index (κ1) is 12.8. The molecule has 1 heterocycles. The molecule has 0 aliphatic carbocycles. The van der Waals surface area contributed by atoms with Gasteiger partial charge in [-0.3, -0.25) is 0 Å². The van der Waals surface area contributed by atoms with Crippen molar-refractivity contribution in [3.8, 4) is 5.75 Å². The topological polar surface area (TPSA) is 21.3 Å². The van der Waals surface area contributed by atoms with Crippen molar-refractivity contribution in [2.75, 3.05) is 6.54 Å². The summed E-state index contributed by atoms with van der Waals surface area (Å²) < 4.78 is 6.07. The number of halogens is 2. The molecule has 0 radical (unpaired) electrons. The summed E-state index contributed by atoms with van der Waals surface area (Å²) in [7, 11) is 0. The minimum Gasteiger partial charge on any atom is -0.484 e. The first-order valence-corrected chi connectivity index (χ1v) is 6.89. The van der Waals surface area contributed by atoms with E-state index in [1.54, 1.807) is 0 Å². The van der Waals surface area contributed by atoms with Gasteiger partial charge in [0.25, 0.3) is 0 Å². The van der Waals surface area contributed by atoms with Gasteiger partial charge in [0.2, 0.25) is 0 Å². The largest absolute Gasteiger partial charge is 0.484 e. The summed E-state index contributed by atoms with van der Waals surface area (Å²) in [6, 6.07) is 13.5. The third kappa shape index (κ3) is 2.86. The lowest BCUT2D eigenvalue weighted by atomic mass is 10.1. The standard InChI is InChI=1S/C15H13Cl2NO/c16-12-3-1-10(2-4-12)15-9-18-8-11-7-13(17)5-6-14(11)19-15/h1-7,15,18H,8-9H2. The first-order valence-electron chi connectivity index (χ1n) is 6.13. The maximum Gasteiger partial charge on any atom is 0.136 e. The van der Waals surface area contributed by atoms with E-state index in [-0.39, 0.29) is 6.10 Å². The molecule has 4 heteroatoms. The van der Waals surface area contributed by atoms with E-state index in [0.717, 1.165) is 40.0 Å². The van der Waals surface area contributed by atoms with Crippen molar-refractivity contribution < 1.29 is 4.74 Å². The Hall–Kier alpha value is -1.22. The molecular formula is C15H13Cl2NO. The molecule has 0 saturated heterocycles. The van der Waals surface area contributed by atoms with Gasteiger partial charge in [-0.05, 0) is 35.9 Å². The number of fused-ring (bicyclic) bond motifs is 1. The van der Waals surface area contributed by atoms with Crippen LogP contribution in [0.25, 0.3) is 0 Å². The summed E-state index contributed by atoms with van der Waals surface area (Å²) in [5.74, 6) is 0.884. The van der Waals surface area contributed by atoms with E-state index in [1.165, 1.54) is 0 Å². The smallest absolute Gasteiger partial charge is 0.136 e. The average Bonchev–Trinajstić information content (AvgIpc) is 2.61. The fourth-order valence-electron chi connectivity index (χ4n) is 2.20. The second-order valence-electron chi connectivity index (χ2n) is 4.54. The van der Waals surface area contributed by atoms with Crippen molar-refractivity contribution in [2.24, 2.45) is 0 Å². The Kier molecular flexibility index (Phi) is 3.65. The first-order chi connectivity index (χ1) is 9.22. The van der Waals surface area contributed by atoms with Gasteiger partial charge in [-0.1, -0.05) is 35.3 Å². The molecule has 1 N–H and O–H groups in total. The molecule has 0 spiro atoms. The van der Waals surface area contributed by atoms with Crippen LogP contribution in [0.4, 0.5) is 0 Å². The predicted molar refractivity (Wildman–Crippen MR) is 78.0 cm³/mol. The molecule has 1 unspecified atom stereocenters. The third-order valence-electron chi connectivity index (χ3n) is 3.18. The minimum atomic E-state index is -0.0142. The highest BCUT2D eigenvalue weighted by Crippen LogP contribution is 2.30. The van der Waals surface area contributed by atoms with Crippen LogP contribution in [0.3, 0.4) is 0 Å². The molecule has 2 aromatic carbocycles. The maximum atomic E-state index is 6.07. The number of rotatable bonds is 1. The van der Waals surface area contributed by atoms with Gasteiger partial charge in [0, 0.05) is 28.7 Å². The molecule has 0 bridgehead atoms. The number of hydrogen-bond acceptors (Lipinski definition) is 2. The third-order valence-corrected chi connectivity index (χ3v) is 3.67. The molecule has 0 saturated carbocycles. The van der Waals surface area contributed by atoms with Gasteiger partial charge in [-0.25, -0.2) is 0 Å². The Balaban J connectivity index is 1.89. The van der Waals surface area contributed by atoms with Crippen molar-refractivity contribution in [3.63, 3.8) is 0 Å². The van der Waals surface area contributed by atoms with Gasteiger partial charge < -0.3 is 10.1 Å². The van der Waals surface area contributed by atoms with E-state index < -0.39 is 0 Å². The van der Waals surface area contributed by atoms with Crippen LogP contribution in [-0.4, -0.2) is 6.54 Å². The van der Waals surface area contributed by atoms with Gasteiger partial charge in [0.15, 0.2) is 0 Å². The van der Waals surface area contributed by atoms with Crippen LogP contribution in [0.15, 0.2) is 42.5 Å². The second kappa shape index (κ2) is 5.41. The Labute approximate surface area is 122 Å². The molecule has 1 aliphatic heterocycles. The molecule has 19 heavy (non-hydrogen) atoms. The fraction of sp³-hybridized carbons (Fsp3) is 0.200. The molecular weight excluding hydrogens is 281 g/mol. The van der Waals surface area contributed by atoms with E-state index in [0.29, 0.717) is 0 Å². The number of hydrogen-bond donors (Lipinski definition) is 1. The van der Waals surface area contributed by atoms with Crippen molar-refractivity contribution in [2.45, 2.75) is 12.6 Å². The normalized spacial score (nSPS) is 18.3. The highest BCUT2D eigenvalue weighted by atomic mass is 35.5. The van der Waals surface area contributed by atoms with Crippen LogP contribution < -0.4 is 10.1 Å². The summed E-state index contributed by atoms with van der Waals surface area (Å²) in [5, 5.41) is 4.84. The average molecular weight is 294 g/mol. The Morgan fingerprint density at radius 1 is 1.00 bits per heavy atom. The van der Waals surface area contributed by atoms with E-state index in [9.17, 15) is 0 Å². The van der Waals surface area contributed by atoms with Crippen LogP contribution in [0.1, 0.15) is 17.2 Å². The molecule has 2 nitrogen and oxygen atoms in total. The zero-order valence-electron chi connectivity index (χ0n) is 10.2. The van der Waals surface area contributed by atoms with Gasteiger partial charge in [0.1, 0.15) is 11.9 Å². The summed E-state index contributed by atoms with van der Waals surface area (Å²) in [5.41, 5.74) is 2.20. The lowest BCUT2D eigenvalue weighted by Gasteiger charge is -2.17. The number of nitrogens with one attached hydrogen (secondary N) is 1. The molecule has 0 aromatic heterocycles. The maximum absolute atomic E-state index is 6.07. The highest BCUT2D eigenvalue weighted by Gasteiger charge is 2.19. The van der Waals surface area contributed by atoms with Gasteiger partial charge in [-0.15, -0.1) is 0 Å². The van der Waals surface area contributed by atoms with Crippen molar-refractivity contribution >= 4 is 23.2 Å². The lowest BCUT2D eigenvalue weighted by Crippen LogP contribution is -2.21. The van der Waals surface area contributed by atoms with E-state index >= 15 is 0 Å². The summed E-state index contributed by atoms with van der Waals surface area (Å²) in [6.45, 7) is 1.52. The predicted octanol–water partition coefficient (Wildman–Crippen LogP) is 4.22. The molecule has 3 rings (SSSR count). The highest BCUT2D eigenvalue weighted by molar-refractivity contribution is 6.30. The van der Waals surface area contributed by atoms with Crippen molar-refractivity contribution in [3.05, 3.63) is 63.6 Å². The van der Waals surface area contributed by atoms with Crippen LogP contribution in [0.5, 0.6) is 5.75 Å². The van der Waals surface area contributed by atoms with Crippen molar-refractivity contribution in [1.82, 2.24) is 5.32 Å². The zero-order valence-corrected chi connectivity index (χ0v) is 11.7. The van der Waals surface area contributed by atoms with Gasteiger partial charge in [0.05, 0.1) is 0 Å². The summed E-state index contributed by atoms with van der Waals surface area (Å²) in [6.07, 6.45) is -0.0142. The molecule has 0 fully saturated rings. The molecule has 0 amide bonds. The quantitative estimate of drug-likeness (QED) is 0.850. The Morgan fingerprint density at radius 3 is 2.53 bits per heavy atom. The van der Waals surface area contributed by atoms with Crippen LogP contribution in [-0.2, 0) is 6.54 Å². The molecule has 1 aliphatic rings. The van der Waals surface area contributed by atoms with E-state index in [1.807, 2.05) is 42.5 Å². The minimum absolute atomic E-state index is 0.0142. The lowest BCUT2D eigenvalue weighted by molar-refractivity contribution is 0.210. The van der Waals surface area contributed by atoms with Gasteiger partial charge >= 0.3 is 0 Å². The van der Waals surface area contributed by atoms with E-state index in [2.05, 4.69) is 5.32 Å². The number of ether oxygens (including phenoxy) is 1. The van der Waals surface area contributed by atoms with Crippen molar-refractivity contribution in [1.29, 1.82) is 0 Å². The van der Waals surface area contributed by atoms with Crippen LogP contribution >= 0.6 is 23.2 Å². The number of benzene rings is 2. The monoisotopic (exact) mass is 293 g/mol. The van der Waals surface area contributed by atoms with Crippen LogP contribution in [0, 0.1) is 0 Å². The fourth-order valence-corrected chi connectivity index (χ4v) is 2.52. The molecule has 2 aromatic rings. The second-order valence-corrected chi connectivity index (χ2v) is 5.41. The van der Waals surface area contributed by atoms with E-state index in [4.69, 9.17) is 27.9 Å². The molecule has 98 valence electrons. The summed E-state index contributed by atoms with van der Waals surface area (Å²) >= 11 is 11.9. The Bertz CT molecular complexity index is 583. The zero-order chi connectivity index (χ0) is 13.2.